The van der Waals surface area contributed by atoms with Crippen LogP contribution in [0.4, 0.5) is 5.69 Å². The van der Waals surface area contributed by atoms with E-state index >= 15 is 0 Å². The van der Waals surface area contributed by atoms with Crippen LogP contribution in [0.1, 0.15) is 35.1 Å². The highest BCUT2D eigenvalue weighted by molar-refractivity contribution is 9.10. The minimum Gasteiger partial charge on any atom is -0.381 e. The summed E-state index contributed by atoms with van der Waals surface area (Å²) in [5.41, 5.74) is 6.98. The molecule has 2 heteroatoms. The number of rotatable bonds is 3. The molecule has 104 valence electrons. The molecule has 0 radical (unpaired) electrons. The van der Waals surface area contributed by atoms with E-state index in [4.69, 9.17) is 0 Å². The Hall–Kier alpha value is -1.28. The molecule has 3 rings (SSSR count). The van der Waals surface area contributed by atoms with Crippen molar-refractivity contribution in [1.82, 2.24) is 0 Å². The van der Waals surface area contributed by atoms with Crippen LogP contribution >= 0.6 is 15.9 Å². The molecule has 0 aromatic heterocycles. The minimum absolute atomic E-state index is 0.884. The fourth-order valence-corrected chi connectivity index (χ4v) is 3.32. The van der Waals surface area contributed by atoms with Crippen LogP contribution in [0, 0.1) is 6.92 Å². The zero-order valence-corrected chi connectivity index (χ0v) is 13.5. The predicted octanol–water partition coefficient (Wildman–Crippen LogP) is 5.25. The summed E-state index contributed by atoms with van der Waals surface area (Å²) in [6.07, 6.45) is 5.11. The topological polar surface area (TPSA) is 12.0 Å². The van der Waals surface area contributed by atoms with Crippen LogP contribution < -0.4 is 5.32 Å². The van der Waals surface area contributed by atoms with Gasteiger partial charge in [0.25, 0.3) is 0 Å². The number of aryl methyl sites for hydroxylation is 2. The Labute approximate surface area is 129 Å². The van der Waals surface area contributed by atoms with E-state index in [1.807, 2.05) is 0 Å². The Morgan fingerprint density at radius 1 is 1.10 bits per heavy atom. The van der Waals surface area contributed by atoms with Crippen molar-refractivity contribution in [3.8, 4) is 0 Å². The van der Waals surface area contributed by atoms with Gasteiger partial charge in [-0.3, -0.25) is 0 Å². The van der Waals surface area contributed by atoms with Crippen molar-refractivity contribution >= 4 is 21.6 Å². The number of nitrogens with one attached hydrogen (secondary N) is 1. The normalized spacial score (nSPS) is 13.9. The molecule has 20 heavy (non-hydrogen) atoms. The van der Waals surface area contributed by atoms with Gasteiger partial charge in [-0.25, -0.2) is 0 Å². The largest absolute Gasteiger partial charge is 0.381 e. The molecule has 2 aromatic rings. The van der Waals surface area contributed by atoms with Crippen molar-refractivity contribution in [2.75, 3.05) is 5.32 Å². The highest BCUT2D eigenvalue weighted by Crippen LogP contribution is 2.28. The molecule has 0 fully saturated rings. The molecule has 1 aliphatic carbocycles. The molecule has 0 atom stereocenters. The van der Waals surface area contributed by atoms with E-state index < -0.39 is 0 Å². The average Bonchev–Trinajstić information content (AvgIpc) is 2.48. The zero-order chi connectivity index (χ0) is 13.9. The summed E-state index contributed by atoms with van der Waals surface area (Å²) in [4.78, 5) is 0. The molecule has 1 nitrogen and oxygen atoms in total. The van der Waals surface area contributed by atoms with Gasteiger partial charge in [-0.2, -0.15) is 0 Å². The van der Waals surface area contributed by atoms with Crippen LogP contribution in [0.25, 0.3) is 0 Å². The lowest BCUT2D eigenvalue weighted by Gasteiger charge is -2.20. The molecular formula is C18H20BrN. The second-order valence-corrected chi connectivity index (χ2v) is 6.44. The molecule has 0 spiro atoms. The van der Waals surface area contributed by atoms with Gasteiger partial charge in [-0.05, 0) is 67.0 Å². The maximum absolute atomic E-state index is 3.61. The van der Waals surface area contributed by atoms with Crippen molar-refractivity contribution in [1.29, 1.82) is 0 Å². The molecule has 1 N–H and O–H groups in total. The maximum Gasteiger partial charge on any atom is 0.0401 e. The quantitative estimate of drug-likeness (QED) is 0.811. The third-order valence-corrected chi connectivity index (χ3v) is 4.97. The second-order valence-electron chi connectivity index (χ2n) is 5.59. The van der Waals surface area contributed by atoms with Gasteiger partial charge in [-0.1, -0.05) is 40.2 Å². The van der Waals surface area contributed by atoms with E-state index in [1.54, 1.807) is 0 Å². The van der Waals surface area contributed by atoms with E-state index in [-0.39, 0.29) is 0 Å². The lowest BCUT2D eigenvalue weighted by molar-refractivity contribution is 0.686. The fraction of sp³-hybridized carbons (Fsp3) is 0.333. The Balaban J connectivity index is 1.76. The van der Waals surface area contributed by atoms with E-state index in [0.717, 1.165) is 6.54 Å². The molecule has 0 saturated heterocycles. The van der Waals surface area contributed by atoms with Gasteiger partial charge in [-0.15, -0.1) is 0 Å². The molecule has 0 bridgehead atoms. The predicted molar refractivity (Wildman–Crippen MR) is 89.3 cm³/mol. The Morgan fingerprint density at radius 2 is 1.95 bits per heavy atom. The van der Waals surface area contributed by atoms with Crippen molar-refractivity contribution < 1.29 is 0 Å². The smallest absolute Gasteiger partial charge is 0.0401 e. The summed E-state index contributed by atoms with van der Waals surface area (Å²) in [5.74, 6) is 0. The van der Waals surface area contributed by atoms with Gasteiger partial charge in [0.05, 0.1) is 0 Å². The lowest BCUT2D eigenvalue weighted by atomic mass is 9.90. The first-order valence-electron chi connectivity index (χ1n) is 7.34. The summed E-state index contributed by atoms with van der Waals surface area (Å²) in [6, 6.07) is 13.2. The van der Waals surface area contributed by atoms with E-state index in [2.05, 4.69) is 64.6 Å². The van der Waals surface area contributed by atoms with Crippen molar-refractivity contribution in [3.63, 3.8) is 0 Å². The van der Waals surface area contributed by atoms with Crippen LogP contribution in [0.5, 0.6) is 0 Å². The monoisotopic (exact) mass is 329 g/mol. The first-order chi connectivity index (χ1) is 9.74. The second kappa shape index (κ2) is 6.01. The lowest BCUT2D eigenvalue weighted by Crippen LogP contribution is -2.08. The first kappa shape index (κ1) is 13.7. The standard InChI is InChI=1S/C18H20BrN/c1-13-9-10-14(11-17(13)19)12-20-18-8-4-6-15-5-2-3-7-16(15)18/h4,6,8-11,20H,2-3,5,7,12H2,1H3. The number of benzene rings is 2. The van der Waals surface area contributed by atoms with Crippen molar-refractivity contribution in [2.45, 2.75) is 39.2 Å². The van der Waals surface area contributed by atoms with E-state index in [9.17, 15) is 0 Å². The van der Waals surface area contributed by atoms with Crippen LogP contribution in [-0.2, 0) is 19.4 Å². The third-order valence-electron chi connectivity index (χ3n) is 4.12. The van der Waals surface area contributed by atoms with Crippen molar-refractivity contribution in [3.05, 3.63) is 63.1 Å². The number of fused-ring (bicyclic) bond motifs is 1. The highest BCUT2D eigenvalue weighted by Gasteiger charge is 2.12. The molecule has 0 heterocycles. The molecule has 0 amide bonds. The molecule has 1 aliphatic rings. The summed E-state index contributed by atoms with van der Waals surface area (Å²) in [7, 11) is 0. The van der Waals surface area contributed by atoms with Gasteiger partial charge in [0.15, 0.2) is 0 Å². The van der Waals surface area contributed by atoms with Gasteiger partial charge in [0.2, 0.25) is 0 Å². The summed E-state index contributed by atoms with van der Waals surface area (Å²) >= 11 is 3.60. The first-order valence-corrected chi connectivity index (χ1v) is 8.13. The summed E-state index contributed by atoms with van der Waals surface area (Å²) in [6.45, 7) is 3.00. The molecule has 2 aromatic carbocycles. The van der Waals surface area contributed by atoms with Crippen LogP contribution in [-0.4, -0.2) is 0 Å². The minimum atomic E-state index is 0.884. The van der Waals surface area contributed by atoms with Gasteiger partial charge in [0.1, 0.15) is 0 Å². The molecule has 0 unspecified atom stereocenters. The average molecular weight is 330 g/mol. The van der Waals surface area contributed by atoms with Crippen LogP contribution in [0.15, 0.2) is 40.9 Å². The highest BCUT2D eigenvalue weighted by atomic mass is 79.9. The Kier molecular flexibility index (Phi) is 4.11. The number of hydrogen-bond acceptors (Lipinski definition) is 1. The number of halogens is 1. The van der Waals surface area contributed by atoms with Gasteiger partial charge >= 0.3 is 0 Å². The zero-order valence-electron chi connectivity index (χ0n) is 11.9. The molecule has 0 aliphatic heterocycles. The van der Waals surface area contributed by atoms with Gasteiger partial charge < -0.3 is 5.32 Å². The van der Waals surface area contributed by atoms with Crippen LogP contribution in [0.2, 0.25) is 0 Å². The maximum atomic E-state index is 3.61. The van der Waals surface area contributed by atoms with Crippen LogP contribution in [0.3, 0.4) is 0 Å². The summed E-state index contributed by atoms with van der Waals surface area (Å²) < 4.78 is 1.19. The van der Waals surface area contributed by atoms with Gasteiger partial charge in [0, 0.05) is 16.7 Å². The summed E-state index contributed by atoms with van der Waals surface area (Å²) in [5, 5.41) is 3.61. The Bertz CT molecular complexity index is 619. The van der Waals surface area contributed by atoms with E-state index in [0.29, 0.717) is 0 Å². The number of hydrogen-bond donors (Lipinski definition) is 1. The van der Waals surface area contributed by atoms with Crippen molar-refractivity contribution in [2.24, 2.45) is 0 Å². The fourth-order valence-electron chi connectivity index (χ4n) is 2.89. The number of anilines is 1. The Morgan fingerprint density at radius 3 is 2.80 bits per heavy atom. The molecular weight excluding hydrogens is 310 g/mol. The molecule has 0 saturated carbocycles. The van der Waals surface area contributed by atoms with E-state index in [1.165, 1.54) is 58.1 Å². The third kappa shape index (κ3) is 2.90. The SMILES string of the molecule is Cc1ccc(CNc2cccc3c2CCCC3)cc1Br.